The second-order valence-electron chi connectivity index (χ2n) is 6.80. The first-order chi connectivity index (χ1) is 13.8. The third-order valence-corrected chi connectivity index (χ3v) is 5.00. The van der Waals surface area contributed by atoms with Crippen LogP contribution in [0, 0.1) is 6.92 Å². The van der Waals surface area contributed by atoms with E-state index in [0.717, 1.165) is 11.1 Å². The summed E-state index contributed by atoms with van der Waals surface area (Å²) in [6.07, 6.45) is 3.34. The minimum absolute atomic E-state index is 0.0819. The first-order valence-electron chi connectivity index (χ1n) is 9.12. The number of pyridine rings is 1. The number of alkyl halides is 1. The van der Waals surface area contributed by atoms with Gasteiger partial charge in [-0.3, -0.25) is 9.78 Å². The predicted octanol–water partition coefficient (Wildman–Crippen LogP) is 5.82. The third kappa shape index (κ3) is 4.22. The summed E-state index contributed by atoms with van der Waals surface area (Å²) < 4.78 is 21.1. The van der Waals surface area contributed by atoms with Crippen LogP contribution in [0.3, 0.4) is 0 Å². The Hall–Kier alpha value is -2.99. The molecule has 1 aromatic carbocycles. The van der Waals surface area contributed by atoms with Crippen molar-refractivity contribution in [2.24, 2.45) is 0 Å². The number of H-pyrrole nitrogens is 1. The van der Waals surface area contributed by atoms with Gasteiger partial charge in [-0.05, 0) is 55.7 Å². The number of aromatic nitrogens is 3. The molecule has 1 unspecified atom stereocenters. The van der Waals surface area contributed by atoms with Crippen LogP contribution < -0.4 is 10.3 Å². The van der Waals surface area contributed by atoms with Gasteiger partial charge >= 0.3 is 0 Å². The fourth-order valence-corrected chi connectivity index (χ4v) is 3.02. The van der Waals surface area contributed by atoms with Gasteiger partial charge in [0.2, 0.25) is 5.75 Å². The van der Waals surface area contributed by atoms with Gasteiger partial charge in [-0.25, -0.2) is 9.37 Å². The highest BCUT2D eigenvalue weighted by Gasteiger charge is 2.33. The fraction of sp³-hybridized carbons (Fsp3) is 0.227. The Morgan fingerprint density at radius 2 is 2.14 bits per heavy atom. The van der Waals surface area contributed by atoms with Crippen LogP contribution >= 0.6 is 11.6 Å². The lowest BCUT2D eigenvalue weighted by Crippen LogP contribution is -2.24. The molecule has 0 aliphatic rings. The summed E-state index contributed by atoms with van der Waals surface area (Å²) in [5.74, 6) is 0.286. The van der Waals surface area contributed by atoms with E-state index in [1.54, 1.807) is 37.3 Å². The SMILES string of the molecule is C=Cc1ccc(Oc2c(C(C)(F)CC)nc(-c3ncccc3Cl)[nH]c2=O)cc1C. The van der Waals surface area contributed by atoms with E-state index in [1.165, 1.54) is 13.1 Å². The summed E-state index contributed by atoms with van der Waals surface area (Å²) in [6, 6.07) is 8.54. The van der Waals surface area contributed by atoms with Gasteiger partial charge in [-0.15, -0.1) is 0 Å². The molecule has 1 N–H and O–H groups in total. The molecule has 2 aromatic heterocycles. The Kier molecular flexibility index (Phi) is 5.84. The van der Waals surface area contributed by atoms with Crippen molar-refractivity contribution in [3.63, 3.8) is 0 Å². The Labute approximate surface area is 173 Å². The number of aromatic amines is 1. The van der Waals surface area contributed by atoms with Crippen molar-refractivity contribution in [1.29, 1.82) is 0 Å². The minimum Gasteiger partial charge on any atom is -0.449 e. The lowest BCUT2D eigenvalue weighted by Gasteiger charge is -2.21. The Bertz CT molecular complexity index is 1130. The van der Waals surface area contributed by atoms with Gasteiger partial charge < -0.3 is 9.72 Å². The van der Waals surface area contributed by atoms with Crippen LogP contribution in [-0.4, -0.2) is 15.0 Å². The lowest BCUT2D eigenvalue weighted by molar-refractivity contribution is 0.173. The Balaban J connectivity index is 2.16. The van der Waals surface area contributed by atoms with E-state index < -0.39 is 11.2 Å². The van der Waals surface area contributed by atoms with E-state index in [1.807, 2.05) is 13.0 Å². The van der Waals surface area contributed by atoms with Crippen molar-refractivity contribution in [2.75, 3.05) is 0 Å². The molecule has 3 rings (SSSR count). The van der Waals surface area contributed by atoms with E-state index >= 15 is 4.39 Å². The number of nitrogens with zero attached hydrogens (tertiary/aromatic N) is 2. The van der Waals surface area contributed by atoms with E-state index in [2.05, 4.69) is 21.5 Å². The number of aryl methyl sites for hydroxylation is 1. The predicted molar refractivity (Wildman–Crippen MR) is 113 cm³/mol. The van der Waals surface area contributed by atoms with Crippen molar-refractivity contribution in [1.82, 2.24) is 15.0 Å². The number of ether oxygens (including phenoxy) is 1. The van der Waals surface area contributed by atoms with Crippen LogP contribution in [0.15, 0.2) is 47.9 Å². The number of hydrogen-bond acceptors (Lipinski definition) is 4. The van der Waals surface area contributed by atoms with Crippen molar-refractivity contribution in [3.05, 3.63) is 75.3 Å². The van der Waals surface area contributed by atoms with Crippen molar-refractivity contribution >= 4 is 17.7 Å². The second kappa shape index (κ2) is 8.17. The molecule has 0 radical (unpaired) electrons. The second-order valence-corrected chi connectivity index (χ2v) is 7.21. The van der Waals surface area contributed by atoms with Crippen LogP contribution in [0.5, 0.6) is 11.5 Å². The van der Waals surface area contributed by atoms with Crippen LogP contribution in [0.1, 0.15) is 37.1 Å². The minimum atomic E-state index is -1.89. The van der Waals surface area contributed by atoms with E-state index in [-0.39, 0.29) is 29.4 Å². The largest absolute Gasteiger partial charge is 0.449 e. The normalized spacial score (nSPS) is 13.0. The van der Waals surface area contributed by atoms with Gasteiger partial charge in [0.15, 0.2) is 11.5 Å². The van der Waals surface area contributed by atoms with Crippen molar-refractivity contribution in [2.45, 2.75) is 32.9 Å². The summed E-state index contributed by atoms with van der Waals surface area (Å²) in [4.78, 5) is 23.9. The number of halogens is 2. The van der Waals surface area contributed by atoms with Gasteiger partial charge in [0.25, 0.3) is 5.56 Å². The van der Waals surface area contributed by atoms with Gasteiger partial charge in [0.05, 0.1) is 5.02 Å². The molecule has 29 heavy (non-hydrogen) atoms. The number of nitrogens with one attached hydrogen (secondary N) is 1. The van der Waals surface area contributed by atoms with Crippen LogP contribution in [0.25, 0.3) is 17.6 Å². The van der Waals surface area contributed by atoms with Gasteiger partial charge in [0.1, 0.15) is 17.1 Å². The molecule has 0 amide bonds. The summed E-state index contributed by atoms with van der Waals surface area (Å²) in [5.41, 5.74) is -0.500. The Morgan fingerprint density at radius 3 is 2.76 bits per heavy atom. The molecule has 0 saturated carbocycles. The van der Waals surface area contributed by atoms with Gasteiger partial charge in [0, 0.05) is 6.20 Å². The van der Waals surface area contributed by atoms with E-state index in [4.69, 9.17) is 16.3 Å². The number of benzene rings is 1. The molecule has 0 aliphatic carbocycles. The topological polar surface area (TPSA) is 67.9 Å². The standard InChI is InChI=1S/C22H21ClFN3O2/c1-5-14-9-10-15(12-13(14)3)29-18-19(22(4,24)6-2)26-20(27-21(18)28)17-16(23)8-7-11-25-17/h5,7-12H,1,6H2,2-4H3,(H,26,27,28). The maximum atomic E-state index is 15.3. The first-order valence-corrected chi connectivity index (χ1v) is 9.50. The maximum absolute atomic E-state index is 15.3. The van der Waals surface area contributed by atoms with E-state index in [9.17, 15) is 4.79 Å². The lowest BCUT2D eigenvalue weighted by atomic mass is 10.00. The Morgan fingerprint density at radius 1 is 1.38 bits per heavy atom. The quantitative estimate of drug-likeness (QED) is 0.552. The highest BCUT2D eigenvalue weighted by Crippen LogP contribution is 2.36. The average Bonchev–Trinajstić information content (AvgIpc) is 2.69. The van der Waals surface area contributed by atoms with Crippen LogP contribution in [0.2, 0.25) is 5.02 Å². The molecule has 0 spiro atoms. The summed E-state index contributed by atoms with van der Waals surface area (Å²) in [7, 11) is 0. The smallest absolute Gasteiger partial charge is 0.294 e. The van der Waals surface area contributed by atoms with E-state index in [0.29, 0.717) is 10.8 Å². The molecule has 0 bridgehead atoms. The molecule has 5 nitrogen and oxygen atoms in total. The average molecular weight is 414 g/mol. The molecular weight excluding hydrogens is 393 g/mol. The molecular formula is C22H21ClFN3O2. The number of rotatable bonds is 6. The zero-order valence-electron chi connectivity index (χ0n) is 16.4. The summed E-state index contributed by atoms with van der Waals surface area (Å²) in [5, 5.41) is 0.294. The highest BCUT2D eigenvalue weighted by atomic mass is 35.5. The third-order valence-electron chi connectivity index (χ3n) is 4.70. The molecule has 0 saturated heterocycles. The molecule has 150 valence electrons. The molecule has 1 atom stereocenters. The highest BCUT2D eigenvalue weighted by molar-refractivity contribution is 6.32. The molecule has 0 aliphatic heterocycles. The van der Waals surface area contributed by atoms with Crippen LogP contribution in [-0.2, 0) is 5.67 Å². The number of hydrogen-bond donors (Lipinski definition) is 1. The molecule has 3 aromatic rings. The van der Waals surface area contributed by atoms with Gasteiger partial charge in [-0.1, -0.05) is 37.2 Å². The molecule has 7 heteroatoms. The maximum Gasteiger partial charge on any atom is 0.294 e. The first kappa shape index (κ1) is 20.7. The summed E-state index contributed by atoms with van der Waals surface area (Å²) >= 11 is 6.17. The molecule has 2 heterocycles. The van der Waals surface area contributed by atoms with Crippen molar-refractivity contribution in [3.8, 4) is 23.0 Å². The molecule has 0 fully saturated rings. The fourth-order valence-electron chi connectivity index (χ4n) is 2.81. The zero-order chi connectivity index (χ0) is 21.2. The zero-order valence-corrected chi connectivity index (χ0v) is 17.2. The monoisotopic (exact) mass is 413 g/mol. The van der Waals surface area contributed by atoms with Crippen molar-refractivity contribution < 1.29 is 9.13 Å². The summed E-state index contributed by atoms with van der Waals surface area (Å²) in [6.45, 7) is 8.67. The van der Waals surface area contributed by atoms with Crippen LogP contribution in [0.4, 0.5) is 4.39 Å². The van der Waals surface area contributed by atoms with Gasteiger partial charge in [-0.2, -0.15) is 0 Å².